The van der Waals surface area contributed by atoms with Crippen LogP contribution >= 0.6 is 34.8 Å². The van der Waals surface area contributed by atoms with Crippen LogP contribution in [0.2, 0.25) is 15.1 Å². The molecule has 3 fully saturated rings. The van der Waals surface area contributed by atoms with Crippen LogP contribution in [0.15, 0.2) is 79.5 Å². The Morgan fingerprint density at radius 2 is 1.72 bits per heavy atom. The summed E-state index contributed by atoms with van der Waals surface area (Å²) < 4.78 is 0. The summed E-state index contributed by atoms with van der Waals surface area (Å²) in [6.07, 6.45) is 6.47. The zero-order valence-corrected chi connectivity index (χ0v) is 32.6. The van der Waals surface area contributed by atoms with Gasteiger partial charge in [-0.3, -0.25) is 14.5 Å². The fraction of sp³-hybridized carbons (Fsp3) is 0.381. The zero-order chi connectivity index (χ0) is 37.2. The molecule has 2 amide bonds. The summed E-state index contributed by atoms with van der Waals surface area (Å²) in [5.41, 5.74) is 5.61. The lowest BCUT2D eigenvalue weighted by molar-refractivity contribution is -0.137. The van der Waals surface area contributed by atoms with Gasteiger partial charge in [-0.15, -0.1) is 0 Å². The second kappa shape index (κ2) is 16.3. The van der Waals surface area contributed by atoms with Crippen molar-refractivity contribution in [3.8, 4) is 0 Å². The SMILES string of the molecule is C=CN(/C(=C(\C)c1ccccc1)c1c(C(=O)N[C@H]2CNCC2N2CCC(N3CCCCC3=O)CC2)[nH]c2cc(Cl)ccc12)C(C)c1ccc(Cl)cc1Cl. The number of carbonyl (C=O) groups excluding carboxylic acids is 2. The van der Waals surface area contributed by atoms with Gasteiger partial charge in [0.25, 0.3) is 5.91 Å². The van der Waals surface area contributed by atoms with E-state index >= 15 is 0 Å². The number of H-pyrrole nitrogens is 1. The minimum atomic E-state index is -0.273. The highest BCUT2D eigenvalue weighted by molar-refractivity contribution is 6.35. The highest BCUT2D eigenvalue weighted by atomic mass is 35.5. The summed E-state index contributed by atoms with van der Waals surface area (Å²) in [6, 6.07) is 21.4. The van der Waals surface area contributed by atoms with E-state index in [0.717, 1.165) is 90.7 Å². The molecule has 3 saturated heterocycles. The normalized spacial score (nSPS) is 21.1. The number of hydrogen-bond acceptors (Lipinski definition) is 5. The van der Waals surface area contributed by atoms with Crippen molar-refractivity contribution in [2.24, 2.45) is 0 Å². The standard InChI is InChI=1S/C42H47Cl3N6O2/c1-4-50(27(3)32-15-13-29(43)22-34(32)45)41(26(2)28-10-6-5-7-11-28)39-33-16-14-30(44)23-35(33)47-40(39)42(53)48-36-24-46-25-37(36)49-20-17-31(18-21-49)51-19-9-8-12-38(51)52/h4-7,10-11,13-16,22-23,27,31,36-37,46-47H,1,8-9,12,17-21,24-25H2,2-3H3,(H,48,53)/b41-26+/t27?,36-,37?/m0/s1. The number of amides is 2. The summed E-state index contributed by atoms with van der Waals surface area (Å²) >= 11 is 19.6. The Morgan fingerprint density at radius 3 is 2.43 bits per heavy atom. The predicted octanol–water partition coefficient (Wildman–Crippen LogP) is 8.77. The lowest BCUT2D eigenvalue weighted by Gasteiger charge is -2.43. The number of nitrogens with zero attached hydrogens (tertiary/aromatic N) is 3. The van der Waals surface area contributed by atoms with Crippen molar-refractivity contribution in [3.05, 3.63) is 117 Å². The average Bonchev–Trinajstić information content (AvgIpc) is 3.78. The number of aromatic nitrogens is 1. The van der Waals surface area contributed by atoms with Crippen molar-refractivity contribution >= 4 is 68.8 Å². The van der Waals surface area contributed by atoms with E-state index in [0.29, 0.717) is 45.7 Å². The number of hydrogen-bond donors (Lipinski definition) is 3. The predicted molar refractivity (Wildman–Crippen MR) is 217 cm³/mol. The number of likely N-dealkylation sites (tertiary alicyclic amines) is 2. The number of fused-ring (bicyclic) bond motifs is 1. The van der Waals surface area contributed by atoms with Crippen molar-refractivity contribution < 1.29 is 9.59 Å². The number of carbonyl (C=O) groups is 2. The summed E-state index contributed by atoms with van der Waals surface area (Å²) in [4.78, 5) is 37.5. The molecular weight excluding hydrogens is 727 g/mol. The minimum absolute atomic E-state index is 0.108. The number of piperidine rings is 2. The maximum atomic E-state index is 14.7. The molecule has 8 nitrogen and oxygen atoms in total. The molecule has 4 aromatic rings. The van der Waals surface area contributed by atoms with Crippen LogP contribution in [0.3, 0.4) is 0 Å². The first-order valence-electron chi connectivity index (χ1n) is 18.6. The van der Waals surface area contributed by atoms with Crippen LogP contribution in [0.4, 0.5) is 0 Å². The van der Waals surface area contributed by atoms with E-state index in [9.17, 15) is 9.59 Å². The molecule has 3 aromatic carbocycles. The van der Waals surface area contributed by atoms with Gasteiger partial charge >= 0.3 is 0 Å². The van der Waals surface area contributed by atoms with Crippen molar-refractivity contribution in [2.75, 3.05) is 32.7 Å². The van der Waals surface area contributed by atoms with Gasteiger partial charge in [0.05, 0.1) is 17.8 Å². The molecule has 278 valence electrons. The monoisotopic (exact) mass is 772 g/mol. The number of allylic oxidation sites excluding steroid dienone is 1. The molecule has 7 rings (SSSR count). The summed E-state index contributed by atoms with van der Waals surface area (Å²) in [6.45, 7) is 12.5. The Morgan fingerprint density at radius 1 is 0.981 bits per heavy atom. The van der Waals surface area contributed by atoms with Gasteiger partial charge in [-0.2, -0.15) is 0 Å². The maximum Gasteiger partial charge on any atom is 0.268 e. The van der Waals surface area contributed by atoms with Gasteiger partial charge in [-0.1, -0.05) is 83.8 Å². The molecule has 3 atom stereocenters. The Balaban J connectivity index is 1.24. The van der Waals surface area contributed by atoms with Crippen molar-refractivity contribution in [1.82, 2.24) is 30.3 Å². The van der Waals surface area contributed by atoms with Gasteiger partial charge in [-0.05, 0) is 86.7 Å². The maximum absolute atomic E-state index is 14.7. The molecule has 4 heterocycles. The molecule has 3 N–H and O–H groups in total. The molecule has 2 unspecified atom stereocenters. The highest BCUT2D eigenvalue weighted by Crippen LogP contribution is 2.42. The Labute approximate surface area is 327 Å². The first kappa shape index (κ1) is 37.5. The topological polar surface area (TPSA) is 83.7 Å². The smallest absolute Gasteiger partial charge is 0.268 e. The summed E-state index contributed by atoms with van der Waals surface area (Å²) in [5, 5.41) is 9.50. The van der Waals surface area contributed by atoms with Crippen LogP contribution in [0.25, 0.3) is 22.2 Å². The van der Waals surface area contributed by atoms with E-state index in [1.807, 2.05) is 48.5 Å². The third kappa shape index (κ3) is 7.76. The number of halogens is 3. The molecule has 0 aliphatic carbocycles. The first-order valence-corrected chi connectivity index (χ1v) is 19.8. The molecular formula is C42H47Cl3N6O2. The van der Waals surface area contributed by atoms with Crippen LogP contribution in [0, 0.1) is 0 Å². The largest absolute Gasteiger partial charge is 0.350 e. The molecule has 3 aliphatic rings. The second-order valence-electron chi connectivity index (χ2n) is 14.5. The van der Waals surface area contributed by atoms with Crippen molar-refractivity contribution in [3.63, 3.8) is 0 Å². The molecule has 0 saturated carbocycles. The van der Waals surface area contributed by atoms with E-state index in [1.165, 1.54) is 0 Å². The Kier molecular flexibility index (Phi) is 11.5. The first-order chi connectivity index (χ1) is 25.6. The average molecular weight is 774 g/mol. The van der Waals surface area contributed by atoms with Gasteiger partial charge in [-0.25, -0.2) is 0 Å². The van der Waals surface area contributed by atoms with E-state index < -0.39 is 0 Å². The van der Waals surface area contributed by atoms with Gasteiger partial charge in [0, 0.05) is 82.8 Å². The fourth-order valence-electron chi connectivity index (χ4n) is 8.53. The van der Waals surface area contributed by atoms with Gasteiger partial charge in [0.15, 0.2) is 0 Å². The number of rotatable bonds is 10. The van der Waals surface area contributed by atoms with Gasteiger partial charge in [0.2, 0.25) is 5.91 Å². The molecule has 11 heteroatoms. The highest BCUT2D eigenvalue weighted by Gasteiger charge is 2.38. The fourth-order valence-corrected chi connectivity index (χ4v) is 9.27. The second-order valence-corrected chi connectivity index (χ2v) is 15.7. The third-order valence-electron chi connectivity index (χ3n) is 11.3. The quantitative estimate of drug-likeness (QED) is 0.150. The van der Waals surface area contributed by atoms with Gasteiger partial charge in [0.1, 0.15) is 5.69 Å². The van der Waals surface area contributed by atoms with Crippen LogP contribution in [0.5, 0.6) is 0 Å². The number of nitrogens with one attached hydrogen (secondary N) is 3. The molecule has 1 aromatic heterocycles. The number of benzene rings is 3. The minimum Gasteiger partial charge on any atom is -0.350 e. The Hall–Kier alpha value is -3.79. The van der Waals surface area contributed by atoms with E-state index in [-0.39, 0.29) is 24.0 Å². The summed E-state index contributed by atoms with van der Waals surface area (Å²) in [5.74, 6) is 0.105. The molecule has 0 spiro atoms. The molecule has 3 aliphatic heterocycles. The van der Waals surface area contributed by atoms with Crippen molar-refractivity contribution in [1.29, 1.82) is 0 Å². The van der Waals surface area contributed by atoms with Crippen LogP contribution in [-0.4, -0.2) is 82.3 Å². The third-order valence-corrected chi connectivity index (χ3v) is 12.1. The Bertz CT molecular complexity index is 2020. The molecule has 0 bridgehead atoms. The van der Waals surface area contributed by atoms with E-state index in [1.54, 1.807) is 12.3 Å². The lowest BCUT2D eigenvalue weighted by atomic mass is 9.95. The molecule has 53 heavy (non-hydrogen) atoms. The van der Waals surface area contributed by atoms with Crippen LogP contribution < -0.4 is 10.6 Å². The van der Waals surface area contributed by atoms with Crippen molar-refractivity contribution in [2.45, 2.75) is 70.1 Å². The van der Waals surface area contributed by atoms with E-state index in [4.69, 9.17) is 34.8 Å². The summed E-state index contributed by atoms with van der Waals surface area (Å²) in [7, 11) is 0. The van der Waals surface area contributed by atoms with E-state index in [2.05, 4.69) is 62.9 Å². The van der Waals surface area contributed by atoms with Gasteiger partial charge < -0.3 is 25.4 Å². The number of aromatic amines is 1. The molecule has 0 radical (unpaired) electrons. The van der Waals surface area contributed by atoms with Crippen LogP contribution in [0.1, 0.15) is 79.2 Å². The lowest BCUT2D eigenvalue weighted by Crippen LogP contribution is -2.56. The van der Waals surface area contributed by atoms with Crippen LogP contribution in [-0.2, 0) is 4.79 Å². The zero-order valence-electron chi connectivity index (χ0n) is 30.3.